The molecular weight excluding hydrogens is 428 g/mol. The molecule has 0 unspecified atom stereocenters. The van der Waals surface area contributed by atoms with Crippen molar-refractivity contribution in [3.63, 3.8) is 0 Å². The van der Waals surface area contributed by atoms with Crippen molar-refractivity contribution < 1.29 is 0 Å². The monoisotopic (exact) mass is 452 g/mol. The molecule has 0 atom stereocenters. The lowest BCUT2D eigenvalue weighted by Crippen LogP contribution is -1.89. The molecule has 0 spiro atoms. The van der Waals surface area contributed by atoms with Crippen LogP contribution in [0.5, 0.6) is 0 Å². The minimum Gasteiger partial charge on any atom is -0.354 e. The van der Waals surface area contributed by atoms with E-state index < -0.39 is 0 Å². The lowest BCUT2D eigenvalue weighted by molar-refractivity contribution is 1.23. The zero-order valence-electron chi connectivity index (χ0n) is 20.4. The normalized spacial score (nSPS) is 11.2. The lowest BCUT2D eigenvalue weighted by Gasteiger charge is -1.96. The SMILES string of the molecule is CC#Cc1c2nc(c(C)c3cc(C#CC)c(cc4[nH]c(cc4C#CC)c(C)c4nc1C=C4)[nH]3)C=C2. The molecule has 3 aromatic rings. The van der Waals surface area contributed by atoms with E-state index in [-0.39, 0.29) is 0 Å². The second-order valence-corrected chi connectivity index (χ2v) is 8.35. The third-order valence-corrected chi connectivity index (χ3v) is 6.12. The molecule has 168 valence electrons. The molecule has 2 aliphatic rings. The van der Waals surface area contributed by atoms with Gasteiger partial charge in [-0.3, -0.25) is 0 Å². The Bertz CT molecular complexity index is 1680. The van der Waals surface area contributed by atoms with E-state index in [0.29, 0.717) is 0 Å². The zero-order chi connectivity index (χ0) is 24.5. The van der Waals surface area contributed by atoms with Crippen molar-refractivity contribution in [2.45, 2.75) is 34.6 Å². The van der Waals surface area contributed by atoms with Gasteiger partial charge in [-0.15, -0.1) is 17.8 Å². The zero-order valence-corrected chi connectivity index (χ0v) is 20.4. The van der Waals surface area contributed by atoms with Gasteiger partial charge >= 0.3 is 0 Å². The minimum atomic E-state index is 0.817. The fourth-order valence-corrected chi connectivity index (χ4v) is 4.27. The number of nitrogens with zero attached hydrogens (tertiary/aromatic N) is 2. The molecule has 5 rings (SSSR count). The number of aryl methyl sites for hydroxylation is 2. The van der Waals surface area contributed by atoms with Crippen molar-refractivity contribution in [2.75, 3.05) is 0 Å². The van der Waals surface area contributed by atoms with E-state index in [9.17, 15) is 0 Å². The Morgan fingerprint density at radius 2 is 0.971 bits per heavy atom. The fourth-order valence-electron chi connectivity index (χ4n) is 4.27. The first-order chi connectivity index (χ1) is 17.0. The lowest BCUT2D eigenvalue weighted by atomic mass is 10.1. The van der Waals surface area contributed by atoms with Crippen LogP contribution in [0.1, 0.15) is 71.4 Å². The molecule has 8 bridgehead atoms. The summed E-state index contributed by atoms with van der Waals surface area (Å²) < 4.78 is 0. The van der Waals surface area contributed by atoms with E-state index in [0.717, 1.165) is 72.7 Å². The number of hydrogen-bond acceptors (Lipinski definition) is 2. The number of aromatic nitrogens is 4. The summed E-state index contributed by atoms with van der Waals surface area (Å²) in [5.41, 5.74) is 12.0. The van der Waals surface area contributed by atoms with Gasteiger partial charge in [0.1, 0.15) is 0 Å². The smallest absolute Gasteiger partial charge is 0.0816 e. The summed E-state index contributed by atoms with van der Waals surface area (Å²) in [5.74, 6) is 18.8. The second kappa shape index (κ2) is 8.90. The van der Waals surface area contributed by atoms with Crippen LogP contribution in [0.2, 0.25) is 0 Å². The highest BCUT2D eigenvalue weighted by atomic mass is 14.8. The molecule has 2 aliphatic heterocycles. The topological polar surface area (TPSA) is 57.4 Å². The molecule has 4 heteroatoms. The Morgan fingerprint density at radius 1 is 0.543 bits per heavy atom. The number of hydrogen-bond donors (Lipinski definition) is 2. The molecule has 0 aromatic carbocycles. The van der Waals surface area contributed by atoms with Gasteiger partial charge in [0.25, 0.3) is 0 Å². The van der Waals surface area contributed by atoms with Crippen LogP contribution in [0.4, 0.5) is 0 Å². The van der Waals surface area contributed by atoms with E-state index in [2.05, 4.69) is 77.5 Å². The largest absolute Gasteiger partial charge is 0.354 e. The molecule has 0 saturated carbocycles. The first-order valence-electron chi connectivity index (χ1n) is 11.4. The van der Waals surface area contributed by atoms with Crippen LogP contribution in [0.15, 0.2) is 18.2 Å². The Balaban J connectivity index is 2.02. The average molecular weight is 453 g/mol. The molecule has 0 saturated heterocycles. The number of fused-ring (bicyclic) bond motifs is 8. The Kier molecular flexibility index (Phi) is 5.62. The quantitative estimate of drug-likeness (QED) is 0.268. The predicted octanol–water partition coefficient (Wildman–Crippen LogP) is 6.39. The number of rotatable bonds is 0. The van der Waals surface area contributed by atoms with Gasteiger partial charge in [0.2, 0.25) is 0 Å². The highest BCUT2D eigenvalue weighted by Gasteiger charge is 2.14. The van der Waals surface area contributed by atoms with Crippen LogP contribution in [-0.4, -0.2) is 19.9 Å². The Hall–Kier alpha value is -4.72. The van der Waals surface area contributed by atoms with Crippen molar-refractivity contribution in [2.24, 2.45) is 0 Å². The number of aromatic amines is 2. The summed E-state index contributed by atoms with van der Waals surface area (Å²) in [6, 6.07) is 6.24. The van der Waals surface area contributed by atoms with E-state index >= 15 is 0 Å². The van der Waals surface area contributed by atoms with E-state index in [4.69, 9.17) is 9.97 Å². The highest BCUT2D eigenvalue weighted by Crippen LogP contribution is 2.26. The molecule has 0 amide bonds. The van der Waals surface area contributed by atoms with Crippen LogP contribution in [0.3, 0.4) is 0 Å². The molecular formula is C31H24N4. The first-order valence-corrected chi connectivity index (χ1v) is 11.4. The van der Waals surface area contributed by atoms with Gasteiger partial charge in [-0.05, 0) is 88.2 Å². The molecule has 35 heavy (non-hydrogen) atoms. The van der Waals surface area contributed by atoms with Crippen LogP contribution in [-0.2, 0) is 0 Å². The second-order valence-electron chi connectivity index (χ2n) is 8.35. The minimum absolute atomic E-state index is 0.817. The molecule has 2 N–H and O–H groups in total. The van der Waals surface area contributed by atoms with Crippen molar-refractivity contribution >= 4 is 46.4 Å². The van der Waals surface area contributed by atoms with Gasteiger partial charge < -0.3 is 9.97 Å². The average Bonchev–Trinajstić information content (AvgIpc) is 3.64. The Labute approximate surface area is 205 Å². The standard InChI is InChI=1S/C31H24N4/c1-6-9-21-16-28-19(4)24-12-14-26(32-24)23(11-8-3)27-15-13-25(33-27)20(5)29-17-22(10-7-2)31(35-29)18-30(21)34-28/h12-18,34-35H,1-5H3. The van der Waals surface area contributed by atoms with Crippen molar-refractivity contribution in [3.05, 3.63) is 68.8 Å². The Morgan fingerprint density at radius 3 is 1.40 bits per heavy atom. The van der Waals surface area contributed by atoms with E-state index in [1.807, 2.05) is 45.1 Å². The van der Waals surface area contributed by atoms with Crippen molar-refractivity contribution in [3.8, 4) is 35.5 Å². The van der Waals surface area contributed by atoms with Gasteiger partial charge in [0.15, 0.2) is 0 Å². The van der Waals surface area contributed by atoms with Gasteiger partial charge in [0, 0.05) is 11.0 Å². The first kappa shape index (κ1) is 22.1. The molecule has 0 fully saturated rings. The van der Waals surface area contributed by atoms with Gasteiger partial charge in [0.05, 0.1) is 50.5 Å². The van der Waals surface area contributed by atoms with Gasteiger partial charge in [-0.1, -0.05) is 17.8 Å². The summed E-state index contributed by atoms with van der Waals surface area (Å²) >= 11 is 0. The summed E-state index contributed by atoms with van der Waals surface area (Å²) in [7, 11) is 0. The summed E-state index contributed by atoms with van der Waals surface area (Å²) in [5, 5.41) is 0. The van der Waals surface area contributed by atoms with E-state index in [1.54, 1.807) is 0 Å². The molecule has 5 heterocycles. The van der Waals surface area contributed by atoms with Crippen LogP contribution in [0.25, 0.3) is 46.4 Å². The third kappa shape index (κ3) is 3.95. The maximum absolute atomic E-state index is 4.92. The maximum Gasteiger partial charge on any atom is 0.0816 e. The van der Waals surface area contributed by atoms with Crippen LogP contribution in [0, 0.1) is 49.4 Å². The predicted molar refractivity (Wildman–Crippen MR) is 146 cm³/mol. The summed E-state index contributed by atoms with van der Waals surface area (Å²) in [4.78, 5) is 17.0. The third-order valence-electron chi connectivity index (χ3n) is 6.12. The summed E-state index contributed by atoms with van der Waals surface area (Å²) in [6.07, 6.45) is 8.08. The number of nitrogens with one attached hydrogen (secondary N) is 2. The molecule has 4 nitrogen and oxygen atoms in total. The van der Waals surface area contributed by atoms with E-state index in [1.165, 1.54) is 0 Å². The molecule has 3 aromatic heterocycles. The van der Waals surface area contributed by atoms with Crippen LogP contribution >= 0.6 is 0 Å². The van der Waals surface area contributed by atoms with Gasteiger partial charge in [-0.25, -0.2) is 9.97 Å². The number of H-pyrrole nitrogens is 2. The summed E-state index contributed by atoms with van der Waals surface area (Å²) in [6.45, 7) is 9.66. The fraction of sp³-hybridized carbons (Fsp3) is 0.161. The van der Waals surface area contributed by atoms with Crippen molar-refractivity contribution in [1.82, 2.24) is 19.9 Å². The van der Waals surface area contributed by atoms with Gasteiger partial charge in [-0.2, -0.15) is 0 Å². The maximum atomic E-state index is 4.92. The van der Waals surface area contributed by atoms with Crippen molar-refractivity contribution in [1.29, 1.82) is 0 Å². The molecule has 0 aliphatic carbocycles. The van der Waals surface area contributed by atoms with Crippen LogP contribution < -0.4 is 0 Å². The molecule has 0 radical (unpaired) electrons. The highest BCUT2D eigenvalue weighted by molar-refractivity contribution is 5.85.